The summed E-state index contributed by atoms with van der Waals surface area (Å²) in [6.45, 7) is 4.94. The Balaban J connectivity index is 1.34. The summed E-state index contributed by atoms with van der Waals surface area (Å²) in [6, 6.07) is 7.30. The highest BCUT2D eigenvalue weighted by molar-refractivity contribution is 7.17. The molecule has 5 rings (SSSR count). The molecule has 3 aromatic rings. The number of thiophene rings is 1. The molecule has 0 spiro atoms. The van der Waals surface area contributed by atoms with Gasteiger partial charge < -0.3 is 20.3 Å². The van der Waals surface area contributed by atoms with Crippen LogP contribution in [0, 0.1) is 5.82 Å². The SMILES string of the molecule is COC(=O)N1[C@H](C)CN(c2ccc(Nc3nc(NC4CC4)c4sccc4n3)cc2F)C[C@@H]1C. The number of amides is 1. The summed E-state index contributed by atoms with van der Waals surface area (Å²) >= 11 is 1.61. The molecular weight excluding hydrogens is 443 g/mol. The van der Waals surface area contributed by atoms with E-state index in [0.717, 1.165) is 28.9 Å². The lowest BCUT2D eigenvalue weighted by atomic mass is 10.1. The van der Waals surface area contributed by atoms with Crippen LogP contribution in [0.5, 0.6) is 0 Å². The van der Waals surface area contributed by atoms with Crippen LogP contribution in [0.4, 0.5) is 32.3 Å². The lowest BCUT2D eigenvalue weighted by Crippen LogP contribution is -2.58. The third-order valence-corrected chi connectivity index (χ3v) is 6.98. The summed E-state index contributed by atoms with van der Waals surface area (Å²) in [7, 11) is 1.38. The van der Waals surface area contributed by atoms with Gasteiger partial charge in [-0.3, -0.25) is 4.90 Å². The molecule has 174 valence electrons. The van der Waals surface area contributed by atoms with E-state index in [1.807, 2.05) is 36.3 Å². The van der Waals surface area contributed by atoms with E-state index in [1.54, 1.807) is 22.3 Å². The first-order valence-corrected chi connectivity index (χ1v) is 12.0. The summed E-state index contributed by atoms with van der Waals surface area (Å²) in [6.07, 6.45) is 1.95. The van der Waals surface area contributed by atoms with E-state index in [1.165, 1.54) is 13.2 Å². The van der Waals surface area contributed by atoms with Gasteiger partial charge in [-0.25, -0.2) is 14.2 Å². The van der Waals surface area contributed by atoms with Crippen LogP contribution in [0.15, 0.2) is 29.6 Å². The van der Waals surface area contributed by atoms with Crippen molar-refractivity contribution in [1.82, 2.24) is 14.9 Å². The number of nitrogens with zero attached hydrogens (tertiary/aromatic N) is 4. The van der Waals surface area contributed by atoms with Crippen molar-refractivity contribution in [2.45, 2.75) is 44.8 Å². The van der Waals surface area contributed by atoms with Gasteiger partial charge in [0.2, 0.25) is 5.95 Å². The topological polar surface area (TPSA) is 82.6 Å². The molecule has 33 heavy (non-hydrogen) atoms. The molecule has 1 amide bonds. The zero-order chi connectivity index (χ0) is 23.1. The summed E-state index contributed by atoms with van der Waals surface area (Å²) in [5.74, 6) is 0.924. The van der Waals surface area contributed by atoms with Gasteiger partial charge in [-0.05, 0) is 56.3 Å². The molecule has 2 N–H and O–H groups in total. The normalized spacial score (nSPS) is 20.7. The largest absolute Gasteiger partial charge is 0.453 e. The molecular formula is C23H27FN6O2S. The van der Waals surface area contributed by atoms with Gasteiger partial charge in [0.05, 0.1) is 35.1 Å². The molecule has 0 radical (unpaired) electrons. The van der Waals surface area contributed by atoms with Crippen LogP contribution in [-0.2, 0) is 4.74 Å². The third-order valence-electron chi connectivity index (χ3n) is 6.07. The average Bonchev–Trinajstić information content (AvgIpc) is 3.46. The quantitative estimate of drug-likeness (QED) is 0.554. The second-order valence-electron chi connectivity index (χ2n) is 8.72. The minimum atomic E-state index is -0.354. The number of carbonyl (C=O) groups excluding carboxylic acids is 1. The highest BCUT2D eigenvalue weighted by Gasteiger charge is 2.34. The van der Waals surface area contributed by atoms with E-state index in [9.17, 15) is 4.79 Å². The molecule has 1 aliphatic carbocycles. The van der Waals surface area contributed by atoms with Gasteiger partial charge in [-0.2, -0.15) is 4.98 Å². The maximum absolute atomic E-state index is 15.1. The summed E-state index contributed by atoms with van der Waals surface area (Å²) in [5.41, 5.74) is 1.95. The van der Waals surface area contributed by atoms with Crippen molar-refractivity contribution in [2.75, 3.05) is 35.7 Å². The number of hydrogen-bond acceptors (Lipinski definition) is 8. The molecule has 1 aliphatic heterocycles. The van der Waals surface area contributed by atoms with E-state index in [-0.39, 0.29) is 24.0 Å². The van der Waals surface area contributed by atoms with Crippen LogP contribution in [0.2, 0.25) is 0 Å². The Morgan fingerprint density at radius 2 is 1.94 bits per heavy atom. The van der Waals surface area contributed by atoms with Crippen molar-refractivity contribution >= 4 is 50.8 Å². The molecule has 2 fully saturated rings. The Morgan fingerprint density at radius 1 is 1.18 bits per heavy atom. The predicted octanol–water partition coefficient (Wildman–Crippen LogP) is 4.81. The Labute approximate surface area is 195 Å². The van der Waals surface area contributed by atoms with Gasteiger partial charge >= 0.3 is 6.09 Å². The lowest BCUT2D eigenvalue weighted by Gasteiger charge is -2.44. The molecule has 2 aliphatic rings. The van der Waals surface area contributed by atoms with Gasteiger partial charge in [0, 0.05) is 24.8 Å². The Morgan fingerprint density at radius 3 is 2.61 bits per heavy atom. The Bertz CT molecular complexity index is 1170. The predicted molar refractivity (Wildman–Crippen MR) is 129 cm³/mol. The number of methoxy groups -OCH3 is 1. The lowest BCUT2D eigenvalue weighted by molar-refractivity contribution is 0.0819. The molecule has 2 atom stereocenters. The summed E-state index contributed by atoms with van der Waals surface area (Å²) in [5, 5.41) is 8.61. The van der Waals surface area contributed by atoms with Gasteiger partial charge in [0.25, 0.3) is 0 Å². The van der Waals surface area contributed by atoms with Crippen LogP contribution < -0.4 is 15.5 Å². The van der Waals surface area contributed by atoms with Crippen molar-refractivity contribution in [1.29, 1.82) is 0 Å². The van der Waals surface area contributed by atoms with Crippen LogP contribution in [0.25, 0.3) is 10.2 Å². The molecule has 0 unspecified atom stereocenters. The number of carbonyl (C=O) groups is 1. The molecule has 3 heterocycles. The van der Waals surface area contributed by atoms with Crippen LogP contribution in [0.3, 0.4) is 0 Å². The van der Waals surface area contributed by atoms with Crippen LogP contribution >= 0.6 is 11.3 Å². The smallest absolute Gasteiger partial charge is 0.410 e. The standard InChI is InChI=1S/C23H27FN6O2S/c1-13-11-29(12-14(2)30(13)23(31)32-3)19-7-6-16(10-17(19)24)26-22-27-18-8-9-33-20(18)21(28-22)25-15-4-5-15/h6-10,13-15H,4-5,11-12H2,1-3H3,(H2,25,26,27,28)/t13-,14+. The zero-order valence-electron chi connectivity index (χ0n) is 18.8. The Hall–Kier alpha value is -3.14. The number of rotatable bonds is 5. The fourth-order valence-electron chi connectivity index (χ4n) is 4.39. The number of hydrogen-bond donors (Lipinski definition) is 2. The fourth-order valence-corrected chi connectivity index (χ4v) is 5.18. The first kappa shape index (κ1) is 21.7. The maximum atomic E-state index is 15.1. The zero-order valence-corrected chi connectivity index (χ0v) is 19.7. The summed E-state index contributed by atoms with van der Waals surface area (Å²) in [4.78, 5) is 24.9. The van der Waals surface area contributed by atoms with Crippen molar-refractivity contribution in [2.24, 2.45) is 0 Å². The number of aromatic nitrogens is 2. The maximum Gasteiger partial charge on any atom is 0.410 e. The average molecular weight is 471 g/mol. The highest BCUT2D eigenvalue weighted by Crippen LogP contribution is 2.33. The molecule has 0 bridgehead atoms. The third kappa shape index (κ3) is 4.39. The van der Waals surface area contributed by atoms with Crippen LogP contribution in [-0.4, -0.2) is 59.3 Å². The van der Waals surface area contributed by atoms with Crippen molar-refractivity contribution in [3.05, 3.63) is 35.5 Å². The highest BCUT2D eigenvalue weighted by atomic mass is 32.1. The van der Waals surface area contributed by atoms with E-state index in [0.29, 0.717) is 36.5 Å². The van der Waals surface area contributed by atoms with Crippen molar-refractivity contribution < 1.29 is 13.9 Å². The minimum absolute atomic E-state index is 0.0958. The molecule has 1 saturated carbocycles. The van der Waals surface area contributed by atoms with Crippen molar-refractivity contribution in [3.8, 4) is 0 Å². The number of piperazine rings is 1. The van der Waals surface area contributed by atoms with Gasteiger partial charge in [-0.15, -0.1) is 11.3 Å². The number of halogens is 1. The molecule has 10 heteroatoms. The number of anilines is 4. The van der Waals surface area contributed by atoms with E-state index in [2.05, 4.69) is 20.6 Å². The molecule has 1 aromatic carbocycles. The second kappa shape index (κ2) is 8.66. The van der Waals surface area contributed by atoms with E-state index in [4.69, 9.17) is 4.74 Å². The first-order chi connectivity index (χ1) is 15.9. The second-order valence-corrected chi connectivity index (χ2v) is 9.64. The fraction of sp³-hybridized carbons (Fsp3) is 0.435. The Kier molecular flexibility index (Phi) is 5.69. The number of nitrogens with one attached hydrogen (secondary N) is 2. The monoisotopic (exact) mass is 470 g/mol. The number of fused-ring (bicyclic) bond motifs is 1. The minimum Gasteiger partial charge on any atom is -0.453 e. The van der Waals surface area contributed by atoms with Gasteiger partial charge in [0.1, 0.15) is 11.6 Å². The van der Waals surface area contributed by atoms with Gasteiger partial charge in [0.15, 0.2) is 0 Å². The van der Waals surface area contributed by atoms with E-state index >= 15 is 4.39 Å². The first-order valence-electron chi connectivity index (χ1n) is 11.1. The van der Waals surface area contributed by atoms with Gasteiger partial charge in [-0.1, -0.05) is 0 Å². The van der Waals surface area contributed by atoms with E-state index < -0.39 is 0 Å². The summed E-state index contributed by atoms with van der Waals surface area (Å²) < 4.78 is 21.1. The van der Waals surface area contributed by atoms with Crippen molar-refractivity contribution in [3.63, 3.8) is 0 Å². The molecule has 2 aromatic heterocycles. The number of ether oxygens (including phenoxy) is 1. The van der Waals surface area contributed by atoms with Crippen LogP contribution in [0.1, 0.15) is 26.7 Å². The number of benzene rings is 1. The molecule has 1 saturated heterocycles. The molecule has 8 nitrogen and oxygen atoms in total.